The fraction of sp³-hybridized carbons (Fsp3) is 0.500. The first-order chi connectivity index (χ1) is 7.76. The number of nitrogens with two attached hydrogens (primary N) is 1. The van der Waals surface area contributed by atoms with Gasteiger partial charge in [-0.1, -0.05) is 13.3 Å². The third-order valence-electron chi connectivity index (χ3n) is 3.01. The van der Waals surface area contributed by atoms with E-state index >= 15 is 0 Å². The molecule has 16 heavy (non-hydrogen) atoms. The maximum atomic E-state index is 8.84. The first-order valence-corrected chi connectivity index (χ1v) is 5.67. The Morgan fingerprint density at radius 3 is 3.19 bits per heavy atom. The second kappa shape index (κ2) is 4.40. The van der Waals surface area contributed by atoms with Crippen LogP contribution in [-0.2, 0) is 0 Å². The zero-order valence-corrected chi connectivity index (χ0v) is 9.40. The molecule has 0 aliphatic heterocycles. The Morgan fingerprint density at radius 2 is 2.50 bits per heavy atom. The number of nitrogens with one attached hydrogen (secondary N) is 1. The van der Waals surface area contributed by atoms with Crippen LogP contribution < -0.4 is 11.1 Å². The normalized spacial score (nSPS) is 22.5. The summed E-state index contributed by atoms with van der Waals surface area (Å²) < 4.78 is 0. The molecule has 1 saturated carbocycles. The Labute approximate surface area is 95.5 Å². The number of aromatic nitrogens is 1. The maximum absolute atomic E-state index is 8.84. The van der Waals surface area contributed by atoms with Gasteiger partial charge in [0, 0.05) is 12.2 Å². The van der Waals surface area contributed by atoms with Crippen molar-refractivity contribution in [3.05, 3.63) is 17.8 Å². The number of anilines is 2. The third kappa shape index (κ3) is 2.08. The smallest absolute Gasteiger partial charge is 0.150 e. The molecule has 1 aliphatic carbocycles. The number of nitrogen functional groups attached to an aromatic ring is 1. The lowest BCUT2D eigenvalue weighted by Gasteiger charge is -2.08. The van der Waals surface area contributed by atoms with Crippen LogP contribution in [-0.4, -0.2) is 11.0 Å². The van der Waals surface area contributed by atoms with Crippen LogP contribution >= 0.6 is 0 Å². The van der Waals surface area contributed by atoms with Crippen LogP contribution in [0.5, 0.6) is 0 Å². The maximum Gasteiger partial charge on any atom is 0.150 e. The summed E-state index contributed by atoms with van der Waals surface area (Å²) in [4.78, 5) is 4.17. The van der Waals surface area contributed by atoms with E-state index in [2.05, 4.69) is 23.3 Å². The van der Waals surface area contributed by atoms with Crippen molar-refractivity contribution >= 4 is 11.5 Å². The van der Waals surface area contributed by atoms with Gasteiger partial charge in [-0.25, -0.2) is 4.98 Å². The number of rotatable bonds is 4. The minimum Gasteiger partial charge on any atom is -0.395 e. The van der Waals surface area contributed by atoms with Crippen molar-refractivity contribution in [1.29, 1.82) is 5.26 Å². The molecule has 2 atom stereocenters. The van der Waals surface area contributed by atoms with Crippen LogP contribution in [0.15, 0.2) is 12.3 Å². The fourth-order valence-electron chi connectivity index (χ4n) is 1.98. The summed E-state index contributed by atoms with van der Waals surface area (Å²) in [6.07, 6.45) is 5.26. The molecule has 0 radical (unpaired) electrons. The monoisotopic (exact) mass is 216 g/mol. The predicted molar refractivity (Wildman–Crippen MR) is 63.8 cm³/mol. The zero-order valence-electron chi connectivity index (χ0n) is 9.40. The van der Waals surface area contributed by atoms with Crippen LogP contribution in [0.4, 0.5) is 11.5 Å². The molecule has 1 heterocycles. The van der Waals surface area contributed by atoms with Gasteiger partial charge in [-0.15, -0.1) is 0 Å². The van der Waals surface area contributed by atoms with E-state index < -0.39 is 0 Å². The van der Waals surface area contributed by atoms with E-state index in [1.807, 2.05) is 0 Å². The van der Waals surface area contributed by atoms with E-state index in [1.165, 1.54) is 19.3 Å². The van der Waals surface area contributed by atoms with Gasteiger partial charge in [0.2, 0.25) is 0 Å². The second-order valence-corrected chi connectivity index (χ2v) is 4.27. The largest absolute Gasteiger partial charge is 0.395 e. The van der Waals surface area contributed by atoms with Crippen molar-refractivity contribution in [2.24, 2.45) is 5.92 Å². The van der Waals surface area contributed by atoms with E-state index in [-0.39, 0.29) is 0 Å². The molecule has 4 nitrogen and oxygen atoms in total. The molecule has 0 amide bonds. The molecule has 0 spiro atoms. The standard InChI is InChI=1S/C12H16N4/c1-2-3-8-6-10(8)16-12-11(14)9(7-13)4-5-15-12/h4-5,8,10H,2-3,6,14H2,1H3,(H,15,16). The topological polar surface area (TPSA) is 74.7 Å². The molecule has 1 aromatic rings. The molecule has 1 aromatic heterocycles. The highest BCUT2D eigenvalue weighted by atomic mass is 15.1. The Balaban J connectivity index is 2.04. The molecular formula is C12H16N4. The van der Waals surface area contributed by atoms with Crippen molar-refractivity contribution in [3.8, 4) is 6.07 Å². The summed E-state index contributed by atoms with van der Waals surface area (Å²) in [6.45, 7) is 2.19. The van der Waals surface area contributed by atoms with Gasteiger partial charge in [-0.3, -0.25) is 0 Å². The highest BCUT2D eigenvalue weighted by molar-refractivity contribution is 5.69. The summed E-state index contributed by atoms with van der Waals surface area (Å²) in [7, 11) is 0. The summed E-state index contributed by atoms with van der Waals surface area (Å²) >= 11 is 0. The fourth-order valence-corrected chi connectivity index (χ4v) is 1.98. The quantitative estimate of drug-likeness (QED) is 0.808. The molecule has 84 valence electrons. The van der Waals surface area contributed by atoms with Gasteiger partial charge in [-0.05, 0) is 24.8 Å². The molecule has 0 aromatic carbocycles. The summed E-state index contributed by atoms with van der Waals surface area (Å²) in [5, 5.41) is 12.1. The van der Waals surface area contributed by atoms with Gasteiger partial charge in [0.05, 0.1) is 11.3 Å². The lowest BCUT2D eigenvalue weighted by atomic mass is 10.2. The molecule has 2 unspecified atom stereocenters. The number of hydrogen-bond acceptors (Lipinski definition) is 4. The minimum atomic E-state index is 0.465. The Kier molecular flexibility index (Phi) is 2.95. The number of hydrogen-bond donors (Lipinski definition) is 2. The third-order valence-corrected chi connectivity index (χ3v) is 3.01. The Morgan fingerprint density at radius 1 is 1.69 bits per heavy atom. The number of nitrogens with zero attached hydrogens (tertiary/aromatic N) is 2. The molecule has 0 saturated heterocycles. The van der Waals surface area contributed by atoms with Gasteiger partial charge in [-0.2, -0.15) is 5.26 Å². The van der Waals surface area contributed by atoms with Gasteiger partial charge in [0.15, 0.2) is 5.82 Å². The Bertz CT molecular complexity index is 422. The lowest BCUT2D eigenvalue weighted by molar-refractivity contribution is 0.692. The molecule has 3 N–H and O–H groups in total. The molecule has 1 fully saturated rings. The van der Waals surface area contributed by atoms with Crippen LogP contribution in [0.1, 0.15) is 31.7 Å². The van der Waals surface area contributed by atoms with Crippen molar-refractivity contribution in [3.63, 3.8) is 0 Å². The summed E-state index contributed by atoms with van der Waals surface area (Å²) in [5.41, 5.74) is 6.80. The van der Waals surface area contributed by atoms with Crippen LogP contribution in [0.3, 0.4) is 0 Å². The SMILES string of the molecule is CCCC1CC1Nc1nccc(C#N)c1N. The summed E-state index contributed by atoms with van der Waals surface area (Å²) in [6, 6.07) is 4.19. The van der Waals surface area contributed by atoms with E-state index in [4.69, 9.17) is 11.0 Å². The van der Waals surface area contributed by atoms with Crippen molar-refractivity contribution in [1.82, 2.24) is 4.98 Å². The highest BCUT2D eigenvalue weighted by Gasteiger charge is 2.36. The van der Waals surface area contributed by atoms with Crippen molar-refractivity contribution in [2.45, 2.75) is 32.2 Å². The molecular weight excluding hydrogens is 200 g/mol. The second-order valence-electron chi connectivity index (χ2n) is 4.27. The molecule has 0 bridgehead atoms. The number of pyridine rings is 1. The van der Waals surface area contributed by atoms with E-state index in [0.717, 1.165) is 5.92 Å². The first-order valence-electron chi connectivity index (χ1n) is 5.67. The predicted octanol–water partition coefficient (Wildman–Crippen LogP) is 2.14. The lowest BCUT2D eigenvalue weighted by Crippen LogP contribution is -2.09. The average molecular weight is 216 g/mol. The highest BCUT2D eigenvalue weighted by Crippen LogP contribution is 2.38. The van der Waals surface area contributed by atoms with Crippen molar-refractivity contribution < 1.29 is 0 Å². The van der Waals surface area contributed by atoms with Gasteiger partial charge in [0.25, 0.3) is 0 Å². The van der Waals surface area contributed by atoms with E-state index in [0.29, 0.717) is 23.1 Å². The zero-order chi connectivity index (χ0) is 11.5. The van der Waals surface area contributed by atoms with Crippen LogP contribution in [0.2, 0.25) is 0 Å². The molecule has 1 aliphatic rings. The van der Waals surface area contributed by atoms with Gasteiger partial charge < -0.3 is 11.1 Å². The van der Waals surface area contributed by atoms with E-state index in [9.17, 15) is 0 Å². The average Bonchev–Trinajstić information content (AvgIpc) is 3.00. The van der Waals surface area contributed by atoms with Gasteiger partial charge >= 0.3 is 0 Å². The molecule has 4 heteroatoms. The van der Waals surface area contributed by atoms with Crippen molar-refractivity contribution in [2.75, 3.05) is 11.1 Å². The first kappa shape index (κ1) is 10.7. The van der Waals surface area contributed by atoms with E-state index in [1.54, 1.807) is 12.3 Å². The Hall–Kier alpha value is -1.76. The van der Waals surface area contributed by atoms with Crippen LogP contribution in [0, 0.1) is 17.2 Å². The summed E-state index contributed by atoms with van der Waals surface area (Å²) in [5.74, 6) is 1.40. The molecule has 2 rings (SSSR count). The number of nitriles is 1. The van der Waals surface area contributed by atoms with Crippen LogP contribution in [0.25, 0.3) is 0 Å². The minimum absolute atomic E-state index is 0.465. The van der Waals surface area contributed by atoms with Gasteiger partial charge in [0.1, 0.15) is 6.07 Å².